The molecule has 3 unspecified atom stereocenters. The van der Waals surface area contributed by atoms with E-state index < -0.39 is 12.1 Å². The van der Waals surface area contributed by atoms with Crippen molar-refractivity contribution in [3.8, 4) is 0 Å². The van der Waals surface area contributed by atoms with Crippen LogP contribution in [0.5, 0.6) is 0 Å². The lowest BCUT2D eigenvalue weighted by atomic mass is 9.99. The van der Waals surface area contributed by atoms with Crippen molar-refractivity contribution in [1.29, 1.82) is 0 Å². The highest BCUT2D eigenvalue weighted by Crippen LogP contribution is 2.29. The van der Waals surface area contributed by atoms with Gasteiger partial charge in [0.05, 0.1) is 16.1 Å². The van der Waals surface area contributed by atoms with Crippen molar-refractivity contribution < 1.29 is 9.59 Å². The number of anilines is 1. The minimum absolute atomic E-state index is 0.0673. The molecule has 0 bridgehead atoms. The summed E-state index contributed by atoms with van der Waals surface area (Å²) >= 11 is 11.9. The van der Waals surface area contributed by atoms with Crippen molar-refractivity contribution >= 4 is 40.7 Å². The molecule has 0 radical (unpaired) electrons. The van der Waals surface area contributed by atoms with Crippen LogP contribution in [-0.2, 0) is 9.59 Å². The fourth-order valence-electron chi connectivity index (χ4n) is 2.50. The Morgan fingerprint density at radius 1 is 1.43 bits per heavy atom. The smallest absolute Gasteiger partial charge is 0.249 e. The van der Waals surface area contributed by atoms with Crippen LogP contribution in [0.2, 0.25) is 10.0 Å². The SMILES string of the molecule is CCC(C)C(N)C(=O)NC1CCN(c2ccc(Cl)c(Cl)c2)C1=O. The van der Waals surface area contributed by atoms with Crippen LogP contribution in [0, 0.1) is 5.92 Å². The molecule has 7 heteroatoms. The molecule has 1 saturated heterocycles. The number of nitrogens with zero attached hydrogens (tertiary/aromatic N) is 1. The second kappa shape index (κ2) is 7.51. The van der Waals surface area contributed by atoms with E-state index >= 15 is 0 Å². The quantitative estimate of drug-likeness (QED) is 0.850. The molecule has 126 valence electrons. The van der Waals surface area contributed by atoms with Crippen molar-refractivity contribution in [2.24, 2.45) is 11.7 Å². The fraction of sp³-hybridized carbons (Fsp3) is 0.500. The van der Waals surface area contributed by atoms with Gasteiger partial charge in [0.15, 0.2) is 0 Å². The molecule has 1 aliphatic heterocycles. The Morgan fingerprint density at radius 3 is 2.74 bits per heavy atom. The average molecular weight is 358 g/mol. The van der Waals surface area contributed by atoms with E-state index in [4.69, 9.17) is 28.9 Å². The molecule has 5 nitrogen and oxygen atoms in total. The highest BCUT2D eigenvalue weighted by Gasteiger charge is 2.35. The lowest BCUT2D eigenvalue weighted by Crippen LogP contribution is -2.50. The number of amides is 2. The summed E-state index contributed by atoms with van der Waals surface area (Å²) in [6.07, 6.45) is 1.35. The van der Waals surface area contributed by atoms with Crippen LogP contribution in [0.4, 0.5) is 5.69 Å². The first kappa shape index (κ1) is 18.0. The molecule has 3 N–H and O–H groups in total. The van der Waals surface area contributed by atoms with Gasteiger partial charge in [-0.25, -0.2) is 0 Å². The Hall–Kier alpha value is -1.30. The predicted molar refractivity (Wildman–Crippen MR) is 92.8 cm³/mol. The van der Waals surface area contributed by atoms with E-state index in [0.717, 1.165) is 6.42 Å². The lowest BCUT2D eigenvalue weighted by molar-refractivity contribution is -0.128. The van der Waals surface area contributed by atoms with Crippen LogP contribution < -0.4 is 16.0 Å². The number of benzene rings is 1. The second-order valence-electron chi connectivity index (χ2n) is 5.85. The summed E-state index contributed by atoms with van der Waals surface area (Å²) in [6.45, 7) is 4.41. The van der Waals surface area contributed by atoms with E-state index in [9.17, 15) is 9.59 Å². The van der Waals surface area contributed by atoms with E-state index in [1.807, 2.05) is 13.8 Å². The maximum absolute atomic E-state index is 12.5. The third-order valence-electron chi connectivity index (χ3n) is 4.30. The Morgan fingerprint density at radius 2 is 2.13 bits per heavy atom. The Kier molecular flexibility index (Phi) is 5.89. The number of carbonyl (C=O) groups excluding carboxylic acids is 2. The largest absolute Gasteiger partial charge is 0.343 e. The lowest BCUT2D eigenvalue weighted by Gasteiger charge is -2.21. The summed E-state index contributed by atoms with van der Waals surface area (Å²) in [6, 6.07) is 3.88. The molecule has 1 aromatic carbocycles. The molecule has 1 aliphatic rings. The highest BCUT2D eigenvalue weighted by molar-refractivity contribution is 6.42. The van der Waals surface area contributed by atoms with Crippen LogP contribution in [0.1, 0.15) is 26.7 Å². The first-order valence-corrected chi connectivity index (χ1v) is 8.43. The van der Waals surface area contributed by atoms with Gasteiger partial charge in [0.1, 0.15) is 6.04 Å². The van der Waals surface area contributed by atoms with Gasteiger partial charge in [-0.3, -0.25) is 9.59 Å². The maximum atomic E-state index is 12.5. The third-order valence-corrected chi connectivity index (χ3v) is 5.04. The number of hydrogen-bond acceptors (Lipinski definition) is 3. The van der Waals surface area contributed by atoms with Crippen LogP contribution >= 0.6 is 23.2 Å². The summed E-state index contributed by atoms with van der Waals surface area (Å²) in [5.74, 6) is -0.376. The van der Waals surface area contributed by atoms with Gasteiger partial charge in [0.2, 0.25) is 11.8 Å². The molecule has 1 heterocycles. The van der Waals surface area contributed by atoms with Gasteiger partial charge in [-0.05, 0) is 30.5 Å². The molecule has 2 rings (SSSR count). The van der Waals surface area contributed by atoms with Gasteiger partial charge >= 0.3 is 0 Å². The fourth-order valence-corrected chi connectivity index (χ4v) is 2.80. The van der Waals surface area contributed by atoms with Crippen molar-refractivity contribution in [1.82, 2.24) is 5.32 Å². The van der Waals surface area contributed by atoms with Gasteiger partial charge in [-0.15, -0.1) is 0 Å². The molecule has 1 aromatic rings. The zero-order valence-electron chi connectivity index (χ0n) is 13.2. The van der Waals surface area contributed by atoms with E-state index in [1.54, 1.807) is 23.1 Å². The van der Waals surface area contributed by atoms with Gasteiger partial charge in [-0.2, -0.15) is 0 Å². The van der Waals surface area contributed by atoms with E-state index in [1.165, 1.54) is 0 Å². The zero-order chi connectivity index (χ0) is 17.1. The standard InChI is InChI=1S/C16H21Cl2N3O2/c1-3-9(2)14(19)15(22)20-13-6-7-21(16(13)23)10-4-5-11(17)12(18)8-10/h4-5,8-9,13-14H,3,6-7,19H2,1-2H3,(H,20,22). The third kappa shape index (κ3) is 3.97. The van der Waals surface area contributed by atoms with Crippen LogP contribution in [0.25, 0.3) is 0 Å². The van der Waals surface area contributed by atoms with Crippen molar-refractivity contribution in [3.05, 3.63) is 28.2 Å². The first-order chi connectivity index (χ1) is 10.8. The number of hydrogen-bond donors (Lipinski definition) is 2. The molecular weight excluding hydrogens is 337 g/mol. The summed E-state index contributed by atoms with van der Waals surface area (Å²) in [7, 11) is 0. The summed E-state index contributed by atoms with van der Waals surface area (Å²) < 4.78 is 0. The summed E-state index contributed by atoms with van der Waals surface area (Å²) in [5, 5.41) is 3.58. The second-order valence-corrected chi connectivity index (χ2v) is 6.66. The predicted octanol–water partition coefficient (Wildman–Crippen LogP) is 2.59. The monoisotopic (exact) mass is 357 g/mol. The number of nitrogens with two attached hydrogens (primary N) is 1. The first-order valence-electron chi connectivity index (χ1n) is 7.67. The number of nitrogens with one attached hydrogen (secondary N) is 1. The molecule has 23 heavy (non-hydrogen) atoms. The average Bonchev–Trinajstić information content (AvgIpc) is 2.89. The Balaban J connectivity index is 2.04. The topological polar surface area (TPSA) is 75.4 Å². The zero-order valence-corrected chi connectivity index (χ0v) is 14.7. The maximum Gasteiger partial charge on any atom is 0.249 e. The number of carbonyl (C=O) groups is 2. The molecule has 1 fully saturated rings. The normalized spacial score (nSPS) is 20.5. The number of halogens is 2. The van der Waals surface area contributed by atoms with Crippen molar-refractivity contribution in [2.45, 2.75) is 38.8 Å². The molecule has 0 spiro atoms. The minimum atomic E-state index is -0.605. The summed E-state index contributed by atoms with van der Waals surface area (Å²) in [4.78, 5) is 26.2. The number of rotatable bonds is 5. The van der Waals surface area contributed by atoms with Crippen LogP contribution in [0.15, 0.2) is 18.2 Å². The Bertz CT molecular complexity index is 609. The van der Waals surface area contributed by atoms with Crippen molar-refractivity contribution in [3.63, 3.8) is 0 Å². The van der Waals surface area contributed by atoms with Gasteiger partial charge in [0, 0.05) is 12.2 Å². The van der Waals surface area contributed by atoms with Crippen LogP contribution in [-0.4, -0.2) is 30.4 Å². The van der Waals surface area contributed by atoms with E-state index in [-0.39, 0.29) is 17.7 Å². The molecule has 3 atom stereocenters. The highest BCUT2D eigenvalue weighted by atomic mass is 35.5. The van der Waals surface area contributed by atoms with Gasteiger partial charge < -0.3 is 16.0 Å². The van der Waals surface area contributed by atoms with Crippen LogP contribution in [0.3, 0.4) is 0 Å². The molecule has 2 amide bonds. The Labute approximate surface area is 146 Å². The van der Waals surface area contributed by atoms with Gasteiger partial charge in [0.25, 0.3) is 0 Å². The van der Waals surface area contributed by atoms with Gasteiger partial charge in [-0.1, -0.05) is 43.5 Å². The van der Waals surface area contributed by atoms with E-state index in [0.29, 0.717) is 28.7 Å². The minimum Gasteiger partial charge on any atom is -0.343 e. The molecular formula is C16H21Cl2N3O2. The molecule has 0 aromatic heterocycles. The van der Waals surface area contributed by atoms with Crippen molar-refractivity contribution in [2.75, 3.05) is 11.4 Å². The summed E-state index contributed by atoms with van der Waals surface area (Å²) in [5.41, 5.74) is 6.58. The van der Waals surface area contributed by atoms with E-state index in [2.05, 4.69) is 5.32 Å². The molecule has 0 saturated carbocycles. The molecule has 0 aliphatic carbocycles.